The summed E-state index contributed by atoms with van der Waals surface area (Å²) in [6.45, 7) is 3.94. The number of thiophene rings is 1. The van der Waals surface area contributed by atoms with E-state index >= 15 is 0 Å². The molecule has 1 unspecified atom stereocenters. The Morgan fingerprint density at radius 3 is 2.44 bits per heavy atom. The SMILES string of the molecule is Cc1sccc1C(C)(O)Cc1ccccc1. The van der Waals surface area contributed by atoms with Gasteiger partial charge >= 0.3 is 0 Å². The van der Waals surface area contributed by atoms with E-state index in [0.717, 1.165) is 11.1 Å². The molecule has 2 aromatic rings. The lowest BCUT2D eigenvalue weighted by atomic mass is 9.89. The zero-order valence-corrected chi connectivity index (χ0v) is 10.4. The third-order valence-corrected chi connectivity index (χ3v) is 3.68. The van der Waals surface area contributed by atoms with E-state index in [0.29, 0.717) is 6.42 Å². The Bertz CT molecular complexity index is 457. The molecule has 0 aliphatic rings. The number of benzene rings is 1. The van der Waals surface area contributed by atoms with E-state index in [-0.39, 0.29) is 0 Å². The number of aliphatic hydroxyl groups is 1. The summed E-state index contributed by atoms with van der Waals surface area (Å²) in [6.07, 6.45) is 0.658. The molecule has 0 bridgehead atoms. The van der Waals surface area contributed by atoms with Crippen LogP contribution in [0.15, 0.2) is 41.8 Å². The van der Waals surface area contributed by atoms with E-state index in [1.807, 2.05) is 36.6 Å². The maximum Gasteiger partial charge on any atom is 0.0919 e. The fraction of sp³-hybridized carbons (Fsp3) is 0.286. The molecule has 2 rings (SSSR count). The molecule has 1 aromatic carbocycles. The summed E-state index contributed by atoms with van der Waals surface area (Å²) in [6, 6.07) is 12.1. The van der Waals surface area contributed by atoms with Gasteiger partial charge in [0.25, 0.3) is 0 Å². The summed E-state index contributed by atoms with van der Waals surface area (Å²) in [5, 5.41) is 12.5. The van der Waals surface area contributed by atoms with Crippen LogP contribution in [0.2, 0.25) is 0 Å². The van der Waals surface area contributed by atoms with E-state index in [2.05, 4.69) is 19.1 Å². The van der Waals surface area contributed by atoms with Crippen molar-refractivity contribution in [3.63, 3.8) is 0 Å². The third-order valence-electron chi connectivity index (χ3n) is 2.83. The van der Waals surface area contributed by atoms with Crippen molar-refractivity contribution in [2.24, 2.45) is 0 Å². The maximum atomic E-state index is 10.5. The van der Waals surface area contributed by atoms with Gasteiger partial charge in [0.1, 0.15) is 0 Å². The number of hydrogen-bond donors (Lipinski definition) is 1. The van der Waals surface area contributed by atoms with Crippen LogP contribution in [0.3, 0.4) is 0 Å². The molecule has 16 heavy (non-hydrogen) atoms. The van der Waals surface area contributed by atoms with Gasteiger partial charge < -0.3 is 5.11 Å². The van der Waals surface area contributed by atoms with Crippen LogP contribution in [0.1, 0.15) is 22.9 Å². The molecule has 0 fully saturated rings. The fourth-order valence-electron chi connectivity index (χ4n) is 2.03. The Kier molecular flexibility index (Phi) is 3.13. The van der Waals surface area contributed by atoms with Crippen LogP contribution in [0.25, 0.3) is 0 Å². The minimum atomic E-state index is -0.772. The van der Waals surface area contributed by atoms with Gasteiger partial charge in [0.15, 0.2) is 0 Å². The second-order valence-electron chi connectivity index (χ2n) is 4.33. The molecule has 0 spiro atoms. The summed E-state index contributed by atoms with van der Waals surface area (Å²) < 4.78 is 0. The topological polar surface area (TPSA) is 20.2 Å². The van der Waals surface area contributed by atoms with Gasteiger partial charge in [-0.05, 0) is 36.4 Å². The summed E-state index contributed by atoms with van der Waals surface area (Å²) in [5.74, 6) is 0. The molecule has 1 heterocycles. The number of aryl methyl sites for hydroxylation is 1. The molecule has 0 saturated carbocycles. The van der Waals surface area contributed by atoms with Crippen LogP contribution in [0, 0.1) is 6.92 Å². The van der Waals surface area contributed by atoms with Gasteiger partial charge in [0, 0.05) is 11.3 Å². The zero-order valence-electron chi connectivity index (χ0n) is 9.60. The van der Waals surface area contributed by atoms with Crippen molar-refractivity contribution in [2.45, 2.75) is 25.9 Å². The lowest BCUT2D eigenvalue weighted by Gasteiger charge is -2.23. The Morgan fingerprint density at radius 2 is 1.88 bits per heavy atom. The van der Waals surface area contributed by atoms with E-state index < -0.39 is 5.60 Å². The molecule has 1 N–H and O–H groups in total. The molecular formula is C14H16OS. The average Bonchev–Trinajstić information content (AvgIpc) is 2.66. The van der Waals surface area contributed by atoms with E-state index in [9.17, 15) is 5.11 Å². The smallest absolute Gasteiger partial charge is 0.0919 e. The molecule has 0 saturated heterocycles. The number of rotatable bonds is 3. The predicted octanol–water partition coefficient (Wildman–Crippen LogP) is 3.51. The molecule has 2 heteroatoms. The molecule has 0 amide bonds. The van der Waals surface area contributed by atoms with Crippen LogP contribution in [-0.4, -0.2) is 5.11 Å². The Balaban J connectivity index is 2.24. The molecule has 1 nitrogen and oxygen atoms in total. The minimum absolute atomic E-state index is 0.658. The van der Waals surface area contributed by atoms with E-state index in [1.165, 1.54) is 4.88 Å². The second-order valence-corrected chi connectivity index (χ2v) is 5.45. The average molecular weight is 232 g/mol. The highest BCUT2D eigenvalue weighted by molar-refractivity contribution is 7.10. The van der Waals surface area contributed by atoms with Gasteiger partial charge in [0.2, 0.25) is 0 Å². The van der Waals surface area contributed by atoms with Crippen molar-refractivity contribution in [1.82, 2.24) is 0 Å². The van der Waals surface area contributed by atoms with Gasteiger partial charge in [-0.25, -0.2) is 0 Å². The van der Waals surface area contributed by atoms with E-state index in [1.54, 1.807) is 11.3 Å². The Hall–Kier alpha value is -1.12. The Labute approximate surface area is 100 Å². The highest BCUT2D eigenvalue weighted by Crippen LogP contribution is 2.30. The van der Waals surface area contributed by atoms with Gasteiger partial charge in [-0.15, -0.1) is 11.3 Å². The Morgan fingerprint density at radius 1 is 1.19 bits per heavy atom. The lowest BCUT2D eigenvalue weighted by molar-refractivity contribution is 0.0575. The monoisotopic (exact) mass is 232 g/mol. The largest absolute Gasteiger partial charge is 0.385 e. The molecule has 0 aliphatic carbocycles. The predicted molar refractivity (Wildman–Crippen MR) is 68.8 cm³/mol. The van der Waals surface area contributed by atoms with Gasteiger partial charge in [-0.2, -0.15) is 0 Å². The summed E-state index contributed by atoms with van der Waals surface area (Å²) in [5.41, 5.74) is 1.44. The van der Waals surface area contributed by atoms with Crippen LogP contribution in [0.5, 0.6) is 0 Å². The van der Waals surface area contributed by atoms with E-state index in [4.69, 9.17) is 0 Å². The van der Waals surface area contributed by atoms with Crippen LogP contribution in [-0.2, 0) is 12.0 Å². The highest BCUT2D eigenvalue weighted by Gasteiger charge is 2.25. The van der Waals surface area contributed by atoms with Crippen LogP contribution < -0.4 is 0 Å². The van der Waals surface area contributed by atoms with Crippen molar-refractivity contribution >= 4 is 11.3 Å². The molecule has 0 aliphatic heterocycles. The molecule has 1 atom stereocenters. The van der Waals surface area contributed by atoms with Crippen molar-refractivity contribution in [3.8, 4) is 0 Å². The van der Waals surface area contributed by atoms with Crippen molar-refractivity contribution < 1.29 is 5.11 Å². The van der Waals surface area contributed by atoms with Crippen molar-refractivity contribution in [1.29, 1.82) is 0 Å². The third kappa shape index (κ3) is 2.34. The fourth-order valence-corrected chi connectivity index (χ4v) is 2.86. The summed E-state index contributed by atoms with van der Waals surface area (Å²) in [7, 11) is 0. The normalized spacial score (nSPS) is 14.7. The molecule has 0 radical (unpaired) electrons. The van der Waals surface area contributed by atoms with Gasteiger partial charge in [0.05, 0.1) is 5.60 Å². The van der Waals surface area contributed by atoms with Crippen molar-refractivity contribution in [2.75, 3.05) is 0 Å². The molecular weight excluding hydrogens is 216 g/mol. The molecule has 84 valence electrons. The number of hydrogen-bond acceptors (Lipinski definition) is 2. The summed E-state index contributed by atoms with van der Waals surface area (Å²) >= 11 is 1.68. The quantitative estimate of drug-likeness (QED) is 0.858. The first-order chi connectivity index (χ1) is 7.59. The standard InChI is InChI=1S/C14H16OS/c1-11-13(8-9-16-11)14(2,15)10-12-6-4-3-5-7-12/h3-9,15H,10H2,1-2H3. The zero-order chi connectivity index (χ0) is 11.6. The van der Waals surface area contributed by atoms with Crippen LogP contribution >= 0.6 is 11.3 Å². The first kappa shape index (κ1) is 11.4. The first-order valence-corrected chi connectivity index (χ1v) is 6.28. The minimum Gasteiger partial charge on any atom is -0.385 e. The molecule has 1 aromatic heterocycles. The first-order valence-electron chi connectivity index (χ1n) is 5.40. The van der Waals surface area contributed by atoms with Crippen LogP contribution in [0.4, 0.5) is 0 Å². The summed E-state index contributed by atoms with van der Waals surface area (Å²) in [4.78, 5) is 1.20. The maximum absolute atomic E-state index is 10.5. The van der Waals surface area contributed by atoms with Gasteiger partial charge in [-0.1, -0.05) is 30.3 Å². The highest BCUT2D eigenvalue weighted by atomic mass is 32.1. The van der Waals surface area contributed by atoms with Crippen molar-refractivity contribution in [3.05, 3.63) is 57.8 Å². The van der Waals surface area contributed by atoms with Gasteiger partial charge in [-0.3, -0.25) is 0 Å². The lowest BCUT2D eigenvalue weighted by Crippen LogP contribution is -2.24. The second kappa shape index (κ2) is 4.40.